The maximum absolute atomic E-state index is 14.6. The normalized spacial score (nSPS) is 22.7. The first-order chi connectivity index (χ1) is 37.4. The minimum Gasteiger partial charge on any atom is -0.472 e. The second-order valence-corrected chi connectivity index (χ2v) is 21.5. The number of halogens is 3. The molecule has 0 radical (unpaired) electrons. The van der Waals surface area contributed by atoms with Crippen molar-refractivity contribution in [2.24, 2.45) is 23.7 Å². The van der Waals surface area contributed by atoms with E-state index in [0.29, 0.717) is 86.5 Å². The number of nitrogens with one attached hydrogen (secondary N) is 2. The van der Waals surface area contributed by atoms with Crippen LogP contribution in [0.3, 0.4) is 0 Å². The highest BCUT2D eigenvalue weighted by molar-refractivity contribution is 9.10. The molecule has 6 aromatic rings. The molecule has 6 fully saturated rings. The van der Waals surface area contributed by atoms with Crippen LogP contribution in [0.5, 0.6) is 11.8 Å². The van der Waals surface area contributed by atoms with Gasteiger partial charge >= 0.3 is 42.4 Å². The van der Waals surface area contributed by atoms with Crippen LogP contribution in [0, 0.1) is 49.2 Å². The number of carbonyl (C=O) groups excluding carboxylic acids is 2. The molecule has 6 aliphatic rings. The smallest absolute Gasteiger partial charge is 0.472 e. The van der Waals surface area contributed by atoms with Crippen LogP contribution in [0.25, 0.3) is 33.2 Å². The number of fused-ring (bicyclic) bond motifs is 6. The Balaban J connectivity index is 0.000000162. The van der Waals surface area contributed by atoms with Crippen molar-refractivity contribution >= 4 is 85.9 Å². The number of ether oxygens (including phenoxy) is 6. The molecule has 0 spiro atoms. The van der Waals surface area contributed by atoms with Crippen molar-refractivity contribution in [1.82, 2.24) is 39.7 Å². The molecule has 4 unspecified atom stereocenters. The molecule has 12 rings (SSSR count). The fraction of sp³-hybridized carbons (Fsp3) is 0.480. The lowest BCUT2D eigenvalue weighted by Crippen LogP contribution is -2.59. The summed E-state index contributed by atoms with van der Waals surface area (Å²) in [6.07, 6.45) is 9.56. The van der Waals surface area contributed by atoms with Crippen LogP contribution in [-0.4, -0.2) is 162 Å². The van der Waals surface area contributed by atoms with E-state index in [1.165, 1.54) is 30.9 Å². The van der Waals surface area contributed by atoms with E-state index in [9.17, 15) is 18.4 Å². The van der Waals surface area contributed by atoms with E-state index in [2.05, 4.69) is 45.8 Å². The molecule has 4 bridgehead atoms. The zero-order chi connectivity index (χ0) is 55.9. The Labute approximate surface area is 461 Å². The number of nitrogens with zero attached hydrogens (tertiary/aromatic N) is 6. The number of aromatic nitrogens is 6. The Hall–Kier alpha value is -6.30. The van der Waals surface area contributed by atoms with Gasteiger partial charge in [-0.05, 0) is 92.6 Å². The average molecular weight is 1190 g/mol. The standard InChI is InChI=1S/C25H27FN4O4.C18H21BrN4O4.C7H8BFO2.2O2S/c1-14-3-4-17(19(26)7-14)18-8-27-21-20(18)28-13-29-23(21)33-22-15-9-30(10-16(22)12-32-11-15)24(31)34-25(2)5-6-25;1-18(2-3-18)27-17(24)23-5-10-7-25-8-11(6-23)15(10)26-16-14-13(21-9-22-16)12(19)4-20-14;1-5-2-3-6(8(10)11)7(9)4-5;2*1-3-2/h3-4,7-8,13,15-16,22,27H,5-6,9-12H2,1-2H3;4,9-11,15,20H,2-3,5-8H2,1H3;2-4,10-11H,1H3;;. The van der Waals surface area contributed by atoms with Crippen LogP contribution in [0.1, 0.15) is 50.7 Å². The monoisotopic (exact) mass is 1180 g/mol. The van der Waals surface area contributed by atoms with Gasteiger partial charge in [0, 0.05) is 78.8 Å². The van der Waals surface area contributed by atoms with Gasteiger partial charge in [0.25, 0.3) is 0 Å². The highest BCUT2D eigenvalue weighted by Gasteiger charge is 2.49. The summed E-state index contributed by atoms with van der Waals surface area (Å²) in [5.74, 6) is 0.248. The zero-order valence-electron chi connectivity index (χ0n) is 42.7. The predicted octanol–water partition coefficient (Wildman–Crippen LogP) is 5.30. The molecule has 22 nitrogen and oxygen atoms in total. The number of H-pyrrole nitrogens is 2. The molecule has 4 aromatic heterocycles. The van der Waals surface area contributed by atoms with E-state index in [0.717, 1.165) is 52.3 Å². The van der Waals surface area contributed by atoms with Crippen molar-refractivity contribution in [2.45, 2.75) is 76.8 Å². The van der Waals surface area contributed by atoms with Crippen LogP contribution in [0.4, 0.5) is 18.4 Å². The van der Waals surface area contributed by atoms with E-state index in [-0.39, 0.29) is 70.5 Å². The fourth-order valence-corrected chi connectivity index (χ4v) is 10.1. The lowest BCUT2D eigenvalue weighted by Gasteiger charge is -2.46. The molecule has 4 aliphatic heterocycles. The lowest BCUT2D eigenvalue weighted by molar-refractivity contribution is -0.111. The third-order valence-electron chi connectivity index (χ3n) is 14.3. The second kappa shape index (κ2) is 25.2. The van der Waals surface area contributed by atoms with Crippen LogP contribution in [0.2, 0.25) is 0 Å². The highest BCUT2D eigenvalue weighted by Crippen LogP contribution is 2.42. The summed E-state index contributed by atoms with van der Waals surface area (Å²) in [6.45, 7) is 11.8. The molecule has 2 aromatic carbocycles. The number of piperidine rings is 2. The van der Waals surface area contributed by atoms with Crippen molar-refractivity contribution in [1.29, 1.82) is 0 Å². The average Bonchev–Trinajstić information content (AvgIpc) is 4.21. The molecule has 2 saturated carbocycles. The van der Waals surface area contributed by atoms with Gasteiger partial charge in [0.1, 0.15) is 69.8 Å². The second-order valence-electron chi connectivity index (χ2n) is 20.4. The Morgan fingerprint density at radius 2 is 1.09 bits per heavy atom. The van der Waals surface area contributed by atoms with Crippen molar-refractivity contribution < 1.29 is 73.7 Å². The summed E-state index contributed by atoms with van der Waals surface area (Å²) in [5, 5.41) is 17.2. The van der Waals surface area contributed by atoms with Crippen molar-refractivity contribution in [2.75, 3.05) is 52.6 Å². The summed E-state index contributed by atoms with van der Waals surface area (Å²) < 4.78 is 97.1. The van der Waals surface area contributed by atoms with Crippen molar-refractivity contribution in [3.8, 4) is 22.9 Å². The van der Waals surface area contributed by atoms with E-state index in [1.807, 2.05) is 37.9 Å². The summed E-state index contributed by atoms with van der Waals surface area (Å²) in [5.41, 5.74) is 4.89. The van der Waals surface area contributed by atoms with E-state index in [4.69, 9.17) is 55.3 Å². The zero-order valence-corrected chi connectivity index (χ0v) is 45.9. The first-order valence-electron chi connectivity index (χ1n) is 24.8. The molecule has 4 N–H and O–H groups in total. The van der Waals surface area contributed by atoms with Crippen LogP contribution < -0.4 is 14.9 Å². The fourth-order valence-electron chi connectivity index (χ4n) is 9.71. The topological polar surface area (TPSA) is 288 Å². The number of hydrogen-bond acceptors (Lipinski definition) is 18. The van der Waals surface area contributed by atoms with E-state index in [1.54, 1.807) is 30.2 Å². The summed E-state index contributed by atoms with van der Waals surface area (Å²) >= 11 is 1.97. The van der Waals surface area contributed by atoms with Gasteiger partial charge in [-0.15, -0.1) is 0 Å². The van der Waals surface area contributed by atoms with Crippen molar-refractivity contribution in [3.63, 3.8) is 0 Å². The molecule has 2 amide bonds. The largest absolute Gasteiger partial charge is 0.491 e. The summed E-state index contributed by atoms with van der Waals surface area (Å²) in [6, 6.07) is 9.38. The van der Waals surface area contributed by atoms with Gasteiger partial charge in [-0.3, -0.25) is 0 Å². The molecular weight excluding hydrogens is 1130 g/mol. The quantitative estimate of drug-likeness (QED) is 0.141. The number of benzene rings is 2. The molecule has 8 heterocycles. The summed E-state index contributed by atoms with van der Waals surface area (Å²) in [7, 11) is -1.73. The van der Waals surface area contributed by atoms with Gasteiger partial charge in [-0.2, -0.15) is 26.8 Å². The molecule has 4 atom stereocenters. The predicted molar refractivity (Wildman–Crippen MR) is 280 cm³/mol. The SMILES string of the molecule is CC1(OC(=O)N2CC3COCC(C2)C3Oc2ncnc3c(Br)c[nH]c23)CC1.Cc1ccc(-c2c[nH]c3c(OC4C5COCC4CN(C(=O)OC4(C)CC4)C5)ncnc23)c(F)c1.Cc1ccc(B(O)O)c(F)c1.O=S=O.O=S=O. The third kappa shape index (κ3) is 13.9. The molecule has 28 heteroatoms. The first kappa shape index (κ1) is 57.9. The molecule has 78 heavy (non-hydrogen) atoms. The summed E-state index contributed by atoms with van der Waals surface area (Å²) in [4.78, 5) is 52.5. The molecular formula is C50H56BBrF2N8O14S2. The van der Waals surface area contributed by atoms with Gasteiger partial charge in [0.05, 0.1) is 30.9 Å². The van der Waals surface area contributed by atoms with Gasteiger partial charge in [0.2, 0.25) is 11.8 Å². The molecule has 2 aliphatic carbocycles. The van der Waals surface area contributed by atoms with Crippen LogP contribution in [0.15, 0.2) is 65.9 Å². The lowest BCUT2D eigenvalue weighted by atomic mass is 9.79. The Morgan fingerprint density at radius 3 is 1.53 bits per heavy atom. The number of likely N-dealkylation sites (tertiary alicyclic amines) is 2. The van der Waals surface area contributed by atoms with E-state index < -0.39 is 36.1 Å². The number of aryl methyl sites for hydroxylation is 2. The Kier molecular flexibility index (Phi) is 18.7. The highest BCUT2D eigenvalue weighted by atomic mass is 79.9. The Morgan fingerprint density at radius 1 is 0.667 bits per heavy atom. The number of carbonyl (C=O) groups is 2. The molecule has 4 saturated heterocycles. The van der Waals surface area contributed by atoms with Crippen molar-refractivity contribution in [3.05, 3.63) is 88.7 Å². The van der Waals surface area contributed by atoms with Gasteiger partial charge in [0.15, 0.2) is 0 Å². The Bertz CT molecular complexity index is 3160. The minimum absolute atomic E-state index is 0.000972. The van der Waals surface area contributed by atoms with Crippen LogP contribution in [-0.2, 0) is 42.1 Å². The maximum atomic E-state index is 14.6. The number of amides is 2. The number of aromatic amines is 2. The number of rotatable bonds is 8. The first-order valence-corrected chi connectivity index (χ1v) is 27.0. The molecule has 416 valence electrons. The van der Waals surface area contributed by atoms with Gasteiger partial charge < -0.3 is 58.2 Å². The minimum atomic E-state index is -1.73. The van der Waals surface area contributed by atoms with Gasteiger partial charge in [-0.25, -0.2) is 28.3 Å². The maximum Gasteiger partial charge on any atom is 0.491 e. The number of hydrogen-bond donors (Lipinski definition) is 4. The van der Waals surface area contributed by atoms with Crippen LogP contribution >= 0.6 is 15.9 Å². The third-order valence-corrected chi connectivity index (χ3v) is 14.9. The van der Waals surface area contributed by atoms with E-state index >= 15 is 0 Å². The van der Waals surface area contributed by atoms with Gasteiger partial charge in [-0.1, -0.05) is 24.3 Å².